The van der Waals surface area contributed by atoms with Crippen LogP contribution in [0.4, 0.5) is 10.5 Å². The molecule has 0 unspecified atom stereocenters. The van der Waals surface area contributed by atoms with Crippen molar-refractivity contribution >= 4 is 11.7 Å². The summed E-state index contributed by atoms with van der Waals surface area (Å²) in [6, 6.07) is 45.1. The van der Waals surface area contributed by atoms with E-state index in [1.807, 2.05) is 97.1 Å². The predicted octanol–water partition coefficient (Wildman–Crippen LogP) is 9.58. The number of aliphatic hydroxyl groups is 1. The monoisotopic (exact) mass is 791 g/mol. The molecule has 0 saturated carbocycles. The summed E-state index contributed by atoms with van der Waals surface area (Å²) >= 11 is 0. The zero-order valence-electron chi connectivity index (χ0n) is 33.3. The first-order valence-electron chi connectivity index (χ1n) is 20.0. The van der Waals surface area contributed by atoms with Gasteiger partial charge in [0.2, 0.25) is 0 Å². The zero-order valence-corrected chi connectivity index (χ0v) is 33.3. The summed E-state index contributed by atoms with van der Waals surface area (Å²) in [5.74, 6) is 2.93. The molecule has 8 rings (SSSR count). The summed E-state index contributed by atoms with van der Waals surface area (Å²) in [5, 5.41) is 15.6. The molecule has 2 heterocycles. The number of hydrogen-bond donors (Lipinski definition) is 3. The standard InChI is InChI=1S/C49H49N3O7/c1-55-46-26-38-22-23-52(30-40(38)27-47(46)56-2)31-44-28-45(35-16-14-33(32-53)15-17-35)59-48(58-44)39-11-7-10-37(25-39)36-9-6-8-34(24-36)29-50-49(54)51-41-18-20-43(21-19-41)57-42-12-4-3-5-13-42/h3-21,24-27,44-45,48,53H,22-23,28-32H2,1-2H3,(H2,50,51,54)/t44-,45+,48+/m1/s1. The number of nitrogens with one attached hydrogen (secondary N) is 2. The maximum absolute atomic E-state index is 12.8. The Kier molecular flexibility index (Phi) is 12.5. The van der Waals surface area contributed by atoms with Crippen molar-refractivity contribution < 1.29 is 33.6 Å². The molecule has 0 radical (unpaired) electrons. The lowest BCUT2D eigenvalue weighted by Gasteiger charge is -2.39. The van der Waals surface area contributed by atoms with Crippen molar-refractivity contribution in [2.75, 3.05) is 32.6 Å². The first-order valence-corrected chi connectivity index (χ1v) is 20.0. The van der Waals surface area contributed by atoms with Crippen LogP contribution in [0.3, 0.4) is 0 Å². The van der Waals surface area contributed by atoms with Gasteiger partial charge in [-0.2, -0.15) is 0 Å². The highest BCUT2D eigenvalue weighted by molar-refractivity contribution is 5.89. The first kappa shape index (κ1) is 39.6. The van der Waals surface area contributed by atoms with E-state index in [0.29, 0.717) is 24.4 Å². The minimum atomic E-state index is -0.592. The van der Waals surface area contributed by atoms with Crippen LogP contribution >= 0.6 is 0 Å². The molecule has 1 fully saturated rings. The Labute approximate surface area is 345 Å². The van der Waals surface area contributed by atoms with Crippen LogP contribution in [0.2, 0.25) is 0 Å². The number of carbonyl (C=O) groups is 1. The van der Waals surface area contributed by atoms with Crippen LogP contribution in [0.15, 0.2) is 140 Å². The van der Waals surface area contributed by atoms with Gasteiger partial charge in [-0.3, -0.25) is 4.90 Å². The van der Waals surface area contributed by atoms with Crippen LogP contribution in [-0.4, -0.2) is 49.5 Å². The van der Waals surface area contributed by atoms with Gasteiger partial charge in [0.1, 0.15) is 11.5 Å². The van der Waals surface area contributed by atoms with E-state index < -0.39 is 6.29 Å². The van der Waals surface area contributed by atoms with E-state index in [-0.39, 0.29) is 24.8 Å². The van der Waals surface area contributed by atoms with E-state index >= 15 is 0 Å². The van der Waals surface area contributed by atoms with Crippen molar-refractivity contribution in [2.45, 2.75) is 51.0 Å². The van der Waals surface area contributed by atoms with Gasteiger partial charge < -0.3 is 39.4 Å². The number of nitrogens with zero attached hydrogens (tertiary/aromatic N) is 1. The molecule has 302 valence electrons. The topological polar surface area (TPSA) is 111 Å². The number of amides is 2. The molecule has 1 saturated heterocycles. The lowest BCUT2D eigenvalue weighted by molar-refractivity contribution is -0.253. The van der Waals surface area contributed by atoms with E-state index in [4.69, 9.17) is 23.7 Å². The second-order valence-corrected chi connectivity index (χ2v) is 14.9. The van der Waals surface area contributed by atoms with Crippen LogP contribution in [0.25, 0.3) is 11.1 Å². The van der Waals surface area contributed by atoms with Gasteiger partial charge in [0.25, 0.3) is 0 Å². The quantitative estimate of drug-likeness (QED) is 0.106. The number of hydrogen-bond acceptors (Lipinski definition) is 8. The molecular formula is C49H49N3O7. The molecule has 6 aromatic carbocycles. The number of ether oxygens (including phenoxy) is 5. The maximum atomic E-state index is 12.8. The van der Waals surface area contributed by atoms with Gasteiger partial charge in [-0.15, -0.1) is 0 Å². The Hall–Kier alpha value is -6.17. The molecule has 2 aliphatic rings. The molecule has 2 aliphatic heterocycles. The second kappa shape index (κ2) is 18.6. The fourth-order valence-corrected chi connectivity index (χ4v) is 7.73. The van der Waals surface area contributed by atoms with Crippen LogP contribution in [0, 0.1) is 0 Å². The molecular weight excluding hydrogens is 743 g/mol. The van der Waals surface area contributed by atoms with Crippen molar-refractivity contribution in [1.29, 1.82) is 0 Å². The number of anilines is 1. The number of para-hydroxylation sites is 1. The number of fused-ring (bicyclic) bond motifs is 1. The summed E-state index contributed by atoms with van der Waals surface area (Å²) in [6.45, 7) is 2.78. The Bertz CT molecular complexity index is 2340. The lowest BCUT2D eigenvalue weighted by atomic mass is 9.96. The third-order valence-electron chi connectivity index (χ3n) is 10.8. The number of carbonyl (C=O) groups excluding carboxylic acids is 1. The van der Waals surface area contributed by atoms with Gasteiger partial charge in [-0.05, 0) is 106 Å². The highest BCUT2D eigenvalue weighted by atomic mass is 16.7. The van der Waals surface area contributed by atoms with E-state index in [1.165, 1.54) is 11.1 Å². The van der Waals surface area contributed by atoms with Crippen molar-refractivity contribution in [3.05, 3.63) is 173 Å². The third kappa shape index (κ3) is 9.93. The molecule has 6 aromatic rings. The fraction of sp³-hybridized carbons (Fsp3) is 0.245. The number of benzene rings is 6. The third-order valence-corrected chi connectivity index (χ3v) is 10.8. The molecule has 2 amide bonds. The van der Waals surface area contributed by atoms with Gasteiger partial charge in [-0.25, -0.2) is 4.79 Å². The minimum Gasteiger partial charge on any atom is -0.493 e. The maximum Gasteiger partial charge on any atom is 0.319 e. The van der Waals surface area contributed by atoms with E-state index in [0.717, 1.165) is 76.7 Å². The summed E-state index contributed by atoms with van der Waals surface area (Å²) in [6.07, 6.45) is 0.723. The van der Waals surface area contributed by atoms with Crippen molar-refractivity contribution in [2.24, 2.45) is 0 Å². The Morgan fingerprint density at radius 1 is 0.729 bits per heavy atom. The molecule has 0 aliphatic carbocycles. The molecule has 10 heteroatoms. The molecule has 3 N–H and O–H groups in total. The van der Waals surface area contributed by atoms with E-state index in [2.05, 4.69) is 58.0 Å². The summed E-state index contributed by atoms with van der Waals surface area (Å²) in [5.41, 5.74) is 9.01. The zero-order chi connectivity index (χ0) is 40.6. The van der Waals surface area contributed by atoms with Gasteiger partial charge in [0, 0.05) is 43.9 Å². The van der Waals surface area contributed by atoms with E-state index in [9.17, 15) is 9.90 Å². The smallest absolute Gasteiger partial charge is 0.319 e. The average molecular weight is 792 g/mol. The SMILES string of the molecule is COc1cc2c(cc1OC)CN(C[C@H]1C[C@@H](c3ccc(CO)cc3)O[C@@H](c3cccc(-c4cccc(CNC(=O)Nc5ccc(Oc6ccccc6)cc5)c4)c3)O1)CC2. The molecule has 0 spiro atoms. The van der Waals surface area contributed by atoms with Crippen LogP contribution in [0.1, 0.15) is 52.2 Å². The van der Waals surface area contributed by atoms with Crippen molar-refractivity contribution in [1.82, 2.24) is 10.2 Å². The molecule has 0 bridgehead atoms. The van der Waals surface area contributed by atoms with Crippen molar-refractivity contribution in [3.8, 4) is 34.1 Å². The first-order chi connectivity index (χ1) is 28.9. The van der Waals surface area contributed by atoms with Gasteiger partial charge in [-0.1, -0.05) is 78.9 Å². The molecule has 10 nitrogen and oxygen atoms in total. The van der Waals surface area contributed by atoms with Crippen LogP contribution in [0.5, 0.6) is 23.0 Å². The van der Waals surface area contributed by atoms with Gasteiger partial charge in [0.05, 0.1) is 33.0 Å². The second-order valence-electron chi connectivity index (χ2n) is 14.9. The summed E-state index contributed by atoms with van der Waals surface area (Å²) in [7, 11) is 3.34. The highest BCUT2D eigenvalue weighted by Gasteiger charge is 2.34. The number of aliphatic hydroxyl groups excluding tert-OH is 1. The largest absolute Gasteiger partial charge is 0.493 e. The normalized spacial score (nSPS) is 17.7. The van der Waals surface area contributed by atoms with E-state index in [1.54, 1.807) is 14.2 Å². The number of urea groups is 1. The number of methoxy groups -OCH3 is 2. The highest BCUT2D eigenvalue weighted by Crippen LogP contribution is 2.40. The predicted molar refractivity (Wildman–Crippen MR) is 228 cm³/mol. The Morgan fingerprint density at radius 2 is 1.44 bits per heavy atom. The fourth-order valence-electron chi connectivity index (χ4n) is 7.73. The molecule has 3 atom stereocenters. The van der Waals surface area contributed by atoms with Crippen LogP contribution < -0.4 is 24.8 Å². The average Bonchev–Trinajstić information content (AvgIpc) is 3.29. The van der Waals surface area contributed by atoms with Gasteiger partial charge in [0.15, 0.2) is 17.8 Å². The summed E-state index contributed by atoms with van der Waals surface area (Å²) in [4.78, 5) is 15.3. The van der Waals surface area contributed by atoms with Crippen LogP contribution in [-0.2, 0) is 35.6 Å². The minimum absolute atomic E-state index is 0.00893. The number of rotatable bonds is 13. The summed E-state index contributed by atoms with van der Waals surface area (Å²) < 4.78 is 30.6. The Morgan fingerprint density at radius 3 is 2.19 bits per heavy atom. The molecule has 59 heavy (non-hydrogen) atoms. The molecule has 0 aromatic heterocycles. The van der Waals surface area contributed by atoms with Crippen molar-refractivity contribution in [3.63, 3.8) is 0 Å². The lowest BCUT2D eigenvalue weighted by Crippen LogP contribution is -2.41. The Balaban J connectivity index is 0.936. The van der Waals surface area contributed by atoms with Gasteiger partial charge >= 0.3 is 6.03 Å².